The lowest BCUT2D eigenvalue weighted by Crippen LogP contribution is -2.46. The molecule has 0 aromatic rings. The molecule has 1 aliphatic carbocycles. The Balaban J connectivity index is 2.32. The van der Waals surface area contributed by atoms with Crippen molar-refractivity contribution in [3.05, 3.63) is 0 Å². The summed E-state index contributed by atoms with van der Waals surface area (Å²) < 4.78 is 5.30. The van der Waals surface area contributed by atoms with Crippen LogP contribution in [0.25, 0.3) is 0 Å². The smallest absolute Gasteiger partial charge is 0.408 e. The van der Waals surface area contributed by atoms with Crippen LogP contribution in [-0.4, -0.2) is 28.4 Å². The van der Waals surface area contributed by atoms with Crippen LogP contribution in [0.4, 0.5) is 4.79 Å². The summed E-state index contributed by atoms with van der Waals surface area (Å²) in [6.45, 7) is 9.68. The largest absolute Gasteiger partial charge is 0.444 e. The van der Waals surface area contributed by atoms with E-state index >= 15 is 0 Å². The molecule has 1 aliphatic rings. The van der Waals surface area contributed by atoms with Crippen molar-refractivity contribution in [1.29, 1.82) is 0 Å². The number of rotatable bonds is 4. The molecule has 2 N–H and O–H groups in total. The summed E-state index contributed by atoms with van der Waals surface area (Å²) in [6, 6.07) is 0. The minimum atomic E-state index is -0.459. The summed E-state index contributed by atoms with van der Waals surface area (Å²) in [5.41, 5.74) is -0.710. The summed E-state index contributed by atoms with van der Waals surface area (Å²) in [6.07, 6.45) is 5.63. The number of amides is 1. The zero-order valence-electron chi connectivity index (χ0n) is 13.7. The normalized spacial score (nSPS) is 24.3. The molecule has 0 aromatic carbocycles. The fourth-order valence-corrected chi connectivity index (χ4v) is 2.64. The molecular formula is C16H31NO3. The van der Waals surface area contributed by atoms with Gasteiger partial charge in [-0.2, -0.15) is 0 Å². The second-order valence-electron chi connectivity index (χ2n) is 7.72. The Morgan fingerprint density at radius 2 is 1.70 bits per heavy atom. The van der Waals surface area contributed by atoms with Crippen molar-refractivity contribution < 1.29 is 14.6 Å². The first-order valence-electron chi connectivity index (χ1n) is 7.77. The van der Waals surface area contributed by atoms with Gasteiger partial charge in [0.2, 0.25) is 0 Å². The molecule has 1 fully saturated rings. The Labute approximate surface area is 123 Å². The third kappa shape index (κ3) is 7.13. The average molecular weight is 285 g/mol. The van der Waals surface area contributed by atoms with E-state index in [0.717, 1.165) is 38.5 Å². The van der Waals surface area contributed by atoms with Crippen molar-refractivity contribution in [2.75, 3.05) is 0 Å². The van der Waals surface area contributed by atoms with Crippen molar-refractivity contribution in [1.82, 2.24) is 5.32 Å². The molecule has 1 rings (SSSR count). The van der Waals surface area contributed by atoms with Gasteiger partial charge in [0.1, 0.15) is 5.60 Å². The Morgan fingerprint density at radius 3 is 2.20 bits per heavy atom. The number of carbonyl (C=O) groups excluding carboxylic acids is 1. The number of ether oxygens (including phenoxy) is 1. The van der Waals surface area contributed by atoms with Gasteiger partial charge in [0.05, 0.1) is 6.10 Å². The van der Waals surface area contributed by atoms with Gasteiger partial charge in [0.15, 0.2) is 0 Å². The molecular weight excluding hydrogens is 254 g/mol. The first-order chi connectivity index (χ1) is 9.07. The highest BCUT2D eigenvalue weighted by atomic mass is 16.6. The molecule has 1 amide bonds. The lowest BCUT2D eigenvalue weighted by molar-refractivity contribution is 0.0461. The first-order valence-corrected chi connectivity index (χ1v) is 7.77. The third-order valence-electron chi connectivity index (χ3n) is 3.83. The van der Waals surface area contributed by atoms with E-state index in [-0.39, 0.29) is 17.7 Å². The van der Waals surface area contributed by atoms with Crippen molar-refractivity contribution in [2.24, 2.45) is 5.92 Å². The van der Waals surface area contributed by atoms with Gasteiger partial charge < -0.3 is 15.2 Å². The molecule has 0 aromatic heterocycles. The maximum Gasteiger partial charge on any atom is 0.408 e. The van der Waals surface area contributed by atoms with Gasteiger partial charge in [-0.25, -0.2) is 4.79 Å². The lowest BCUT2D eigenvalue weighted by atomic mass is 9.82. The van der Waals surface area contributed by atoms with Crippen molar-refractivity contribution >= 4 is 6.09 Å². The minimum absolute atomic E-state index is 0.0980. The fraction of sp³-hybridized carbons (Fsp3) is 0.938. The molecule has 4 heteroatoms. The van der Waals surface area contributed by atoms with E-state index in [1.807, 2.05) is 34.6 Å². The molecule has 0 unspecified atom stereocenters. The molecule has 20 heavy (non-hydrogen) atoms. The zero-order chi connectivity index (χ0) is 15.4. The van der Waals surface area contributed by atoms with Gasteiger partial charge in [-0.05, 0) is 79.1 Å². The van der Waals surface area contributed by atoms with E-state index in [1.54, 1.807) is 0 Å². The zero-order valence-corrected chi connectivity index (χ0v) is 13.7. The van der Waals surface area contributed by atoms with Crippen LogP contribution in [0.1, 0.15) is 73.1 Å². The number of aliphatic hydroxyl groups excluding tert-OH is 1. The van der Waals surface area contributed by atoms with Gasteiger partial charge in [0, 0.05) is 5.54 Å². The highest BCUT2D eigenvalue weighted by Gasteiger charge is 2.26. The molecule has 1 saturated carbocycles. The van der Waals surface area contributed by atoms with Gasteiger partial charge in [-0.15, -0.1) is 0 Å². The number of hydrogen-bond donors (Lipinski definition) is 2. The van der Waals surface area contributed by atoms with Gasteiger partial charge in [-0.3, -0.25) is 0 Å². The summed E-state index contributed by atoms with van der Waals surface area (Å²) in [4.78, 5) is 11.8. The topological polar surface area (TPSA) is 58.6 Å². The van der Waals surface area contributed by atoms with E-state index in [0.29, 0.717) is 5.92 Å². The monoisotopic (exact) mass is 285 g/mol. The first kappa shape index (κ1) is 17.3. The Bertz CT molecular complexity index is 312. The second-order valence-corrected chi connectivity index (χ2v) is 7.72. The van der Waals surface area contributed by atoms with Gasteiger partial charge >= 0.3 is 6.09 Å². The maximum atomic E-state index is 11.8. The van der Waals surface area contributed by atoms with Crippen LogP contribution in [0.2, 0.25) is 0 Å². The van der Waals surface area contributed by atoms with Crippen molar-refractivity contribution in [3.63, 3.8) is 0 Å². The molecule has 0 bridgehead atoms. The van der Waals surface area contributed by atoms with Crippen LogP contribution in [0.15, 0.2) is 0 Å². The molecule has 0 aliphatic heterocycles. The molecule has 0 radical (unpaired) electrons. The second kappa shape index (κ2) is 6.79. The van der Waals surface area contributed by atoms with Crippen LogP contribution in [0.3, 0.4) is 0 Å². The summed E-state index contributed by atoms with van der Waals surface area (Å²) >= 11 is 0. The Morgan fingerprint density at radius 1 is 1.15 bits per heavy atom. The number of alkyl carbamates (subject to hydrolysis) is 1. The molecule has 118 valence electrons. The van der Waals surface area contributed by atoms with Gasteiger partial charge in [0.25, 0.3) is 0 Å². The van der Waals surface area contributed by atoms with Crippen molar-refractivity contribution in [3.8, 4) is 0 Å². The van der Waals surface area contributed by atoms with Crippen LogP contribution in [-0.2, 0) is 4.74 Å². The molecule has 0 heterocycles. The number of nitrogens with one attached hydrogen (secondary N) is 1. The molecule has 0 saturated heterocycles. The standard InChI is InChI=1S/C16H31NO3/c1-15(2,3)20-14(19)17-16(4,5)11-10-12-6-8-13(18)9-7-12/h12-13,18H,6-11H2,1-5H3,(H,17,19). The molecule has 0 atom stereocenters. The summed E-state index contributed by atoms with van der Waals surface area (Å²) in [7, 11) is 0. The third-order valence-corrected chi connectivity index (χ3v) is 3.83. The quantitative estimate of drug-likeness (QED) is 0.829. The van der Waals surface area contributed by atoms with E-state index in [9.17, 15) is 9.90 Å². The number of hydrogen-bond acceptors (Lipinski definition) is 3. The van der Waals surface area contributed by atoms with E-state index in [1.165, 1.54) is 0 Å². The van der Waals surface area contributed by atoms with E-state index < -0.39 is 5.60 Å². The lowest BCUT2D eigenvalue weighted by Gasteiger charge is -2.31. The van der Waals surface area contributed by atoms with E-state index in [4.69, 9.17) is 4.74 Å². The van der Waals surface area contributed by atoms with Crippen LogP contribution in [0, 0.1) is 5.92 Å². The van der Waals surface area contributed by atoms with E-state index in [2.05, 4.69) is 5.32 Å². The maximum absolute atomic E-state index is 11.8. The average Bonchev–Trinajstić information content (AvgIpc) is 2.24. The van der Waals surface area contributed by atoms with Crippen LogP contribution >= 0.6 is 0 Å². The Kier molecular flexibility index (Phi) is 5.87. The SMILES string of the molecule is CC(C)(CCC1CCC(O)CC1)NC(=O)OC(C)(C)C. The minimum Gasteiger partial charge on any atom is -0.444 e. The summed E-state index contributed by atoms with van der Waals surface area (Å²) in [5, 5.41) is 12.5. The highest BCUT2D eigenvalue weighted by Crippen LogP contribution is 2.29. The highest BCUT2D eigenvalue weighted by molar-refractivity contribution is 5.68. The molecule has 0 spiro atoms. The number of aliphatic hydroxyl groups is 1. The van der Waals surface area contributed by atoms with Gasteiger partial charge in [-0.1, -0.05) is 0 Å². The number of carbonyl (C=O) groups is 1. The molecule has 4 nitrogen and oxygen atoms in total. The van der Waals surface area contributed by atoms with Crippen LogP contribution in [0.5, 0.6) is 0 Å². The van der Waals surface area contributed by atoms with Crippen LogP contribution < -0.4 is 5.32 Å². The Hall–Kier alpha value is -0.770. The predicted molar refractivity (Wildman–Crippen MR) is 80.6 cm³/mol. The predicted octanol–water partition coefficient (Wildman–Crippen LogP) is 3.62. The van der Waals surface area contributed by atoms with Crippen molar-refractivity contribution in [2.45, 2.75) is 90.4 Å². The summed E-state index contributed by atoms with van der Waals surface area (Å²) in [5.74, 6) is 0.679. The fourth-order valence-electron chi connectivity index (χ4n) is 2.64.